The maximum Gasteiger partial charge on any atom is 0.123 e. The molecule has 0 spiro atoms. The molecule has 2 nitrogen and oxygen atoms in total. The van der Waals surface area contributed by atoms with E-state index in [1.807, 2.05) is 18.2 Å². The minimum Gasteiger partial charge on any atom is -0.489 e. The van der Waals surface area contributed by atoms with E-state index in [-0.39, 0.29) is 12.4 Å². The van der Waals surface area contributed by atoms with Crippen LogP contribution < -0.4 is 10.5 Å². The molecule has 0 radical (unpaired) electrons. The smallest absolute Gasteiger partial charge is 0.123 e. The number of rotatable bonds is 5. The van der Waals surface area contributed by atoms with Crippen LogP contribution >= 0.6 is 0 Å². The second kappa shape index (κ2) is 6.42. The number of benzene rings is 2. The van der Waals surface area contributed by atoms with Gasteiger partial charge < -0.3 is 10.5 Å². The number of nitrogen functional groups attached to an aromatic ring is 1. The lowest BCUT2D eigenvalue weighted by atomic mass is 9.98. The summed E-state index contributed by atoms with van der Waals surface area (Å²) in [5.74, 6) is 0.967. The molecule has 0 aliphatic rings. The summed E-state index contributed by atoms with van der Waals surface area (Å²) in [7, 11) is 0. The largest absolute Gasteiger partial charge is 0.489 e. The molecule has 2 rings (SSSR count). The highest BCUT2D eigenvalue weighted by atomic mass is 19.1. The van der Waals surface area contributed by atoms with Crippen LogP contribution in [0.25, 0.3) is 0 Å². The zero-order valence-corrected chi connectivity index (χ0v) is 11.9. The predicted molar refractivity (Wildman–Crippen MR) is 80.3 cm³/mol. The number of hydrogen-bond donors (Lipinski definition) is 1. The van der Waals surface area contributed by atoms with E-state index in [1.165, 1.54) is 17.7 Å². The first kappa shape index (κ1) is 14.4. The van der Waals surface area contributed by atoms with E-state index in [9.17, 15) is 4.39 Å². The first-order valence-corrected chi connectivity index (χ1v) is 6.87. The van der Waals surface area contributed by atoms with Gasteiger partial charge in [-0.2, -0.15) is 0 Å². The molecule has 1 unspecified atom stereocenters. The molecule has 0 saturated heterocycles. The van der Waals surface area contributed by atoms with Crippen molar-refractivity contribution in [1.82, 2.24) is 0 Å². The van der Waals surface area contributed by atoms with Gasteiger partial charge in [0, 0.05) is 11.3 Å². The minimum absolute atomic E-state index is 0.275. The quantitative estimate of drug-likeness (QED) is 0.814. The van der Waals surface area contributed by atoms with E-state index in [4.69, 9.17) is 10.5 Å². The fraction of sp³-hybridized carbons (Fsp3) is 0.294. The maximum absolute atomic E-state index is 13.2. The first-order valence-electron chi connectivity index (χ1n) is 6.87. The average molecular weight is 273 g/mol. The third-order valence-corrected chi connectivity index (χ3v) is 3.55. The van der Waals surface area contributed by atoms with Crippen LogP contribution in [0, 0.1) is 5.82 Å². The highest BCUT2D eigenvalue weighted by molar-refractivity contribution is 5.46. The van der Waals surface area contributed by atoms with Crippen molar-refractivity contribution in [1.29, 1.82) is 0 Å². The molecule has 3 heteroatoms. The van der Waals surface area contributed by atoms with Crippen LogP contribution in [0.15, 0.2) is 42.5 Å². The Balaban J connectivity index is 2.17. The van der Waals surface area contributed by atoms with E-state index in [2.05, 4.69) is 19.9 Å². The van der Waals surface area contributed by atoms with Crippen molar-refractivity contribution in [3.63, 3.8) is 0 Å². The van der Waals surface area contributed by atoms with Crippen molar-refractivity contribution in [2.24, 2.45) is 0 Å². The van der Waals surface area contributed by atoms with Gasteiger partial charge in [-0.25, -0.2) is 4.39 Å². The lowest BCUT2D eigenvalue weighted by Crippen LogP contribution is -2.03. The summed E-state index contributed by atoms with van der Waals surface area (Å²) < 4.78 is 19.1. The third-order valence-electron chi connectivity index (χ3n) is 3.55. The Labute approximate surface area is 119 Å². The van der Waals surface area contributed by atoms with Gasteiger partial charge in [0.1, 0.15) is 18.2 Å². The Morgan fingerprint density at radius 1 is 1.20 bits per heavy atom. The topological polar surface area (TPSA) is 35.2 Å². The van der Waals surface area contributed by atoms with E-state index in [0.29, 0.717) is 17.2 Å². The Kier molecular flexibility index (Phi) is 4.61. The zero-order chi connectivity index (χ0) is 14.5. The summed E-state index contributed by atoms with van der Waals surface area (Å²) in [6, 6.07) is 12.3. The standard InChI is InChI=1S/C17H20FNO/c1-3-12(2)15-6-4-5-7-17(15)20-11-13-10-14(18)8-9-16(13)19/h4-10,12H,3,11,19H2,1-2H3. The van der Waals surface area contributed by atoms with Crippen LogP contribution in [0.3, 0.4) is 0 Å². The Bertz CT molecular complexity index is 583. The second-order valence-electron chi connectivity index (χ2n) is 4.98. The van der Waals surface area contributed by atoms with Crippen LogP contribution in [0.2, 0.25) is 0 Å². The second-order valence-corrected chi connectivity index (χ2v) is 4.98. The van der Waals surface area contributed by atoms with E-state index in [1.54, 1.807) is 6.07 Å². The van der Waals surface area contributed by atoms with Crippen molar-refractivity contribution in [3.8, 4) is 5.75 Å². The molecule has 2 aromatic rings. The normalized spacial score (nSPS) is 12.2. The molecule has 20 heavy (non-hydrogen) atoms. The molecule has 0 saturated carbocycles. The summed E-state index contributed by atoms with van der Waals surface area (Å²) in [5, 5.41) is 0. The summed E-state index contributed by atoms with van der Waals surface area (Å²) in [6.45, 7) is 4.59. The molecule has 0 heterocycles. The number of ether oxygens (including phenoxy) is 1. The summed E-state index contributed by atoms with van der Waals surface area (Å²) in [5.41, 5.74) is 8.22. The first-order chi connectivity index (χ1) is 9.61. The van der Waals surface area contributed by atoms with Crippen LogP contribution in [0.5, 0.6) is 5.75 Å². The maximum atomic E-state index is 13.2. The van der Waals surface area contributed by atoms with E-state index < -0.39 is 0 Å². The zero-order valence-electron chi connectivity index (χ0n) is 11.9. The molecule has 0 fully saturated rings. The number of para-hydroxylation sites is 1. The summed E-state index contributed by atoms with van der Waals surface area (Å²) in [6.07, 6.45) is 1.04. The fourth-order valence-corrected chi connectivity index (χ4v) is 2.09. The molecule has 0 bridgehead atoms. The molecular weight excluding hydrogens is 253 g/mol. The lowest BCUT2D eigenvalue weighted by Gasteiger charge is -2.16. The van der Waals surface area contributed by atoms with Gasteiger partial charge in [0.15, 0.2) is 0 Å². The van der Waals surface area contributed by atoms with Crippen LogP contribution in [0.4, 0.5) is 10.1 Å². The van der Waals surface area contributed by atoms with Gasteiger partial charge in [-0.15, -0.1) is 0 Å². The molecule has 2 N–H and O–H groups in total. The average Bonchev–Trinajstić information content (AvgIpc) is 2.47. The third kappa shape index (κ3) is 3.29. The van der Waals surface area contributed by atoms with Crippen molar-refractivity contribution in [2.75, 3.05) is 5.73 Å². The highest BCUT2D eigenvalue weighted by Crippen LogP contribution is 2.29. The number of anilines is 1. The van der Waals surface area contributed by atoms with Gasteiger partial charge in [0.25, 0.3) is 0 Å². The number of hydrogen-bond acceptors (Lipinski definition) is 2. The van der Waals surface area contributed by atoms with Crippen molar-refractivity contribution >= 4 is 5.69 Å². The van der Waals surface area contributed by atoms with Crippen molar-refractivity contribution in [2.45, 2.75) is 32.8 Å². The molecule has 0 aromatic heterocycles. The van der Waals surface area contributed by atoms with Crippen LogP contribution in [-0.2, 0) is 6.61 Å². The van der Waals surface area contributed by atoms with Crippen LogP contribution in [-0.4, -0.2) is 0 Å². The van der Waals surface area contributed by atoms with Gasteiger partial charge >= 0.3 is 0 Å². The van der Waals surface area contributed by atoms with Crippen molar-refractivity contribution in [3.05, 3.63) is 59.4 Å². The van der Waals surface area contributed by atoms with Gasteiger partial charge in [0.05, 0.1) is 0 Å². The minimum atomic E-state index is -0.298. The lowest BCUT2D eigenvalue weighted by molar-refractivity contribution is 0.301. The molecule has 0 aliphatic heterocycles. The molecule has 106 valence electrons. The molecule has 0 amide bonds. The Hall–Kier alpha value is -2.03. The Morgan fingerprint density at radius 3 is 2.70 bits per heavy atom. The predicted octanol–water partition coefficient (Wildman–Crippen LogP) is 4.50. The molecule has 1 atom stereocenters. The fourth-order valence-electron chi connectivity index (χ4n) is 2.09. The number of halogens is 1. The summed E-state index contributed by atoms with van der Waals surface area (Å²) in [4.78, 5) is 0. The highest BCUT2D eigenvalue weighted by Gasteiger charge is 2.10. The van der Waals surface area contributed by atoms with Crippen LogP contribution in [0.1, 0.15) is 37.3 Å². The molecule has 2 aromatic carbocycles. The molecule has 0 aliphatic carbocycles. The van der Waals surface area contributed by atoms with E-state index in [0.717, 1.165) is 12.2 Å². The molecular formula is C17H20FNO. The Morgan fingerprint density at radius 2 is 1.95 bits per heavy atom. The number of nitrogens with two attached hydrogens (primary N) is 1. The van der Waals surface area contributed by atoms with Gasteiger partial charge in [0.2, 0.25) is 0 Å². The van der Waals surface area contributed by atoms with E-state index >= 15 is 0 Å². The SMILES string of the molecule is CCC(C)c1ccccc1OCc1cc(F)ccc1N. The summed E-state index contributed by atoms with van der Waals surface area (Å²) >= 11 is 0. The van der Waals surface area contributed by atoms with Gasteiger partial charge in [-0.05, 0) is 42.2 Å². The van der Waals surface area contributed by atoms with Gasteiger partial charge in [-0.3, -0.25) is 0 Å². The van der Waals surface area contributed by atoms with Crippen molar-refractivity contribution < 1.29 is 9.13 Å². The monoisotopic (exact) mass is 273 g/mol. The van der Waals surface area contributed by atoms with Gasteiger partial charge in [-0.1, -0.05) is 32.0 Å².